The third-order valence-electron chi connectivity index (χ3n) is 4.10. The molecular formula is C23H30N3O2S+. The molecule has 0 spiro atoms. The largest absolute Gasteiger partial charge is 0.487 e. The van der Waals surface area contributed by atoms with Crippen LogP contribution in [0.3, 0.4) is 0 Å². The highest BCUT2D eigenvalue weighted by atomic mass is 32.2. The number of nitrogens with zero attached hydrogens (tertiary/aromatic N) is 1. The van der Waals surface area contributed by atoms with Crippen LogP contribution in [0, 0.1) is 12.8 Å². The molecule has 5 nitrogen and oxygen atoms in total. The fourth-order valence-electron chi connectivity index (χ4n) is 2.42. The van der Waals surface area contributed by atoms with E-state index in [0.29, 0.717) is 13.2 Å². The van der Waals surface area contributed by atoms with Crippen molar-refractivity contribution in [3.8, 4) is 11.5 Å². The first-order valence-electron chi connectivity index (χ1n) is 9.52. The van der Waals surface area contributed by atoms with Gasteiger partial charge in [-0.05, 0) is 24.6 Å². The smallest absolute Gasteiger partial charge is 0.182 e. The number of hydrogen-bond acceptors (Lipinski definition) is 5. The summed E-state index contributed by atoms with van der Waals surface area (Å²) < 4.78 is 13.9. The van der Waals surface area contributed by atoms with Crippen molar-refractivity contribution >= 4 is 17.7 Å². The molecule has 29 heavy (non-hydrogen) atoms. The number of pyridine rings is 1. The number of hydrogen-bond donors (Lipinski definition) is 2. The number of anilines is 1. The van der Waals surface area contributed by atoms with E-state index >= 15 is 0 Å². The number of ether oxygens (including phenoxy) is 1. The van der Waals surface area contributed by atoms with E-state index in [-0.39, 0.29) is 5.92 Å². The second-order valence-electron chi connectivity index (χ2n) is 6.63. The van der Waals surface area contributed by atoms with Crippen molar-refractivity contribution in [1.82, 2.24) is 5.32 Å². The van der Waals surface area contributed by atoms with Crippen molar-refractivity contribution < 1.29 is 13.5 Å². The molecule has 1 atom stereocenters. The minimum Gasteiger partial charge on any atom is -0.487 e. The van der Waals surface area contributed by atoms with Crippen molar-refractivity contribution in [2.75, 3.05) is 18.9 Å². The first-order chi connectivity index (χ1) is 14.0. The lowest BCUT2D eigenvalue weighted by Crippen LogP contribution is -2.35. The van der Waals surface area contributed by atoms with Crippen LogP contribution in [0.2, 0.25) is 0 Å². The normalized spacial score (nSPS) is 12.1. The number of allylic oxidation sites excluding steroid dienone is 2. The first kappa shape index (κ1) is 22.4. The molecule has 0 saturated heterocycles. The van der Waals surface area contributed by atoms with Gasteiger partial charge in [0.05, 0.1) is 12.0 Å². The molecule has 6 heteroatoms. The van der Waals surface area contributed by atoms with Gasteiger partial charge in [0.2, 0.25) is 0 Å². The second kappa shape index (κ2) is 11.9. The average Bonchev–Trinajstić information content (AvgIpc) is 2.71. The fraction of sp³-hybridized carbons (Fsp3) is 0.261. The third kappa shape index (κ3) is 7.95. The molecule has 0 saturated carbocycles. The fourth-order valence-corrected chi connectivity index (χ4v) is 3.09. The van der Waals surface area contributed by atoms with Gasteiger partial charge in [0, 0.05) is 47.5 Å². The highest BCUT2D eigenvalue weighted by molar-refractivity contribution is 7.98. The topological polar surface area (TPSA) is 60.4 Å². The SMILES string of the molecule is C=CCN/C=C(/SOc1cc(C)cc(OCC[n+]2ccc(N)cc2)c1)C(C)C=C. The summed E-state index contributed by atoms with van der Waals surface area (Å²) in [5, 5.41) is 3.19. The molecule has 0 amide bonds. The van der Waals surface area contributed by atoms with E-state index < -0.39 is 0 Å². The lowest BCUT2D eigenvalue weighted by Gasteiger charge is -2.13. The standard InChI is InChI=1S/C23H29N3O2S/c1-5-9-25-17-23(19(4)6-2)29-28-22-15-18(3)14-21(16-22)27-13-12-26-10-7-20(24)8-11-26/h5-8,10-11,14-17,19,24-25H,1-2,9,12-13H2,3-4H3/p+1/b23-17+. The summed E-state index contributed by atoms with van der Waals surface area (Å²) in [6.07, 6.45) is 9.52. The van der Waals surface area contributed by atoms with Crippen LogP contribution in [0.5, 0.6) is 11.5 Å². The minimum absolute atomic E-state index is 0.176. The maximum Gasteiger partial charge on any atom is 0.182 e. The van der Waals surface area contributed by atoms with E-state index in [1.807, 2.05) is 72.6 Å². The van der Waals surface area contributed by atoms with Crippen LogP contribution in [-0.4, -0.2) is 13.2 Å². The Hall–Kier alpha value is -2.86. The van der Waals surface area contributed by atoms with Gasteiger partial charge in [-0.1, -0.05) is 19.1 Å². The molecule has 0 bridgehead atoms. The van der Waals surface area contributed by atoms with Gasteiger partial charge < -0.3 is 20.0 Å². The van der Waals surface area contributed by atoms with Gasteiger partial charge in [-0.15, -0.1) is 13.2 Å². The third-order valence-corrected chi connectivity index (χ3v) is 5.06. The van der Waals surface area contributed by atoms with Crippen LogP contribution in [0.15, 0.2) is 79.1 Å². The molecule has 0 fully saturated rings. The Bertz CT molecular complexity index is 835. The zero-order chi connectivity index (χ0) is 21.1. The predicted octanol–water partition coefficient (Wildman–Crippen LogP) is 4.41. The molecule has 0 aliphatic rings. The van der Waals surface area contributed by atoms with Crippen molar-refractivity contribution in [3.05, 3.63) is 84.7 Å². The number of benzene rings is 1. The molecule has 1 aromatic carbocycles. The summed E-state index contributed by atoms with van der Waals surface area (Å²) in [5.41, 5.74) is 7.54. The number of aryl methyl sites for hydroxylation is 1. The average molecular weight is 413 g/mol. The van der Waals surface area contributed by atoms with Crippen molar-refractivity contribution in [2.45, 2.75) is 20.4 Å². The van der Waals surface area contributed by atoms with Crippen molar-refractivity contribution in [3.63, 3.8) is 0 Å². The monoisotopic (exact) mass is 412 g/mol. The Balaban J connectivity index is 1.96. The molecule has 154 valence electrons. The van der Waals surface area contributed by atoms with Gasteiger partial charge in [-0.25, -0.2) is 4.57 Å². The zero-order valence-corrected chi connectivity index (χ0v) is 18.0. The molecule has 0 aliphatic carbocycles. The molecule has 0 aliphatic heterocycles. The van der Waals surface area contributed by atoms with E-state index in [1.165, 1.54) is 12.0 Å². The van der Waals surface area contributed by atoms with Crippen LogP contribution < -0.4 is 24.5 Å². The number of rotatable bonds is 12. The van der Waals surface area contributed by atoms with Gasteiger partial charge in [0.1, 0.15) is 18.1 Å². The number of nitrogens with two attached hydrogens (primary N) is 1. The molecule has 0 radical (unpaired) electrons. The van der Waals surface area contributed by atoms with Gasteiger partial charge >= 0.3 is 0 Å². The van der Waals surface area contributed by atoms with Crippen LogP contribution in [-0.2, 0) is 6.54 Å². The Morgan fingerprint density at radius 1 is 1.24 bits per heavy atom. The van der Waals surface area contributed by atoms with Gasteiger partial charge in [0.25, 0.3) is 0 Å². The highest BCUT2D eigenvalue weighted by Gasteiger charge is 2.10. The summed E-state index contributed by atoms with van der Waals surface area (Å²) in [6, 6.07) is 9.63. The molecule has 3 N–H and O–H groups in total. The number of aromatic nitrogens is 1. The quantitative estimate of drug-likeness (QED) is 0.234. The Labute approximate surface area is 178 Å². The van der Waals surface area contributed by atoms with E-state index in [0.717, 1.165) is 34.2 Å². The Kier molecular flexibility index (Phi) is 9.18. The Morgan fingerprint density at radius 3 is 2.66 bits per heavy atom. The first-order valence-corrected chi connectivity index (χ1v) is 10.3. The van der Waals surface area contributed by atoms with Gasteiger partial charge in [-0.2, -0.15) is 0 Å². The summed E-state index contributed by atoms with van der Waals surface area (Å²) in [5.74, 6) is 1.70. The summed E-state index contributed by atoms with van der Waals surface area (Å²) in [4.78, 5) is 1.03. The minimum atomic E-state index is 0.176. The van der Waals surface area contributed by atoms with Crippen LogP contribution in [0.1, 0.15) is 12.5 Å². The van der Waals surface area contributed by atoms with E-state index in [9.17, 15) is 0 Å². The molecule has 2 rings (SSSR count). The van der Waals surface area contributed by atoms with Gasteiger partial charge in [0.15, 0.2) is 18.9 Å². The maximum absolute atomic E-state index is 5.96. The molecule has 1 unspecified atom stereocenters. The highest BCUT2D eigenvalue weighted by Crippen LogP contribution is 2.30. The molecular weight excluding hydrogens is 382 g/mol. The van der Waals surface area contributed by atoms with Gasteiger partial charge in [-0.3, -0.25) is 0 Å². The maximum atomic E-state index is 5.96. The van der Waals surface area contributed by atoms with Crippen LogP contribution in [0.4, 0.5) is 5.69 Å². The molecule has 1 aromatic heterocycles. The number of nitrogen functional groups attached to an aromatic ring is 1. The molecule has 1 heterocycles. The van der Waals surface area contributed by atoms with E-state index in [1.54, 1.807) is 0 Å². The van der Waals surface area contributed by atoms with Crippen LogP contribution in [0.25, 0.3) is 0 Å². The van der Waals surface area contributed by atoms with Crippen molar-refractivity contribution in [2.24, 2.45) is 5.92 Å². The lowest BCUT2D eigenvalue weighted by molar-refractivity contribution is -0.697. The predicted molar refractivity (Wildman–Crippen MR) is 122 cm³/mol. The second-order valence-corrected chi connectivity index (χ2v) is 7.44. The summed E-state index contributed by atoms with van der Waals surface area (Å²) in [6.45, 7) is 13.7. The summed E-state index contributed by atoms with van der Waals surface area (Å²) in [7, 11) is 0. The number of nitrogens with one attached hydrogen (secondary N) is 1. The lowest BCUT2D eigenvalue weighted by atomic mass is 10.2. The Morgan fingerprint density at radius 2 is 1.97 bits per heavy atom. The van der Waals surface area contributed by atoms with Crippen molar-refractivity contribution in [1.29, 1.82) is 0 Å². The molecule has 2 aromatic rings. The zero-order valence-electron chi connectivity index (χ0n) is 17.1. The van der Waals surface area contributed by atoms with E-state index in [4.69, 9.17) is 14.7 Å². The summed E-state index contributed by atoms with van der Waals surface area (Å²) >= 11 is 1.32. The van der Waals surface area contributed by atoms with Crippen LogP contribution >= 0.6 is 12.0 Å². The van der Waals surface area contributed by atoms with E-state index in [2.05, 4.69) is 25.4 Å².